The van der Waals surface area contributed by atoms with Gasteiger partial charge in [0.05, 0.1) is 12.0 Å². The van der Waals surface area contributed by atoms with E-state index >= 15 is 0 Å². The van der Waals surface area contributed by atoms with E-state index in [2.05, 4.69) is 54.8 Å². The third-order valence-corrected chi connectivity index (χ3v) is 7.11. The highest BCUT2D eigenvalue weighted by Crippen LogP contribution is 2.45. The van der Waals surface area contributed by atoms with Crippen LogP contribution in [0, 0.1) is 5.92 Å². The monoisotopic (exact) mass is 500 g/mol. The van der Waals surface area contributed by atoms with Crippen LogP contribution < -0.4 is 0 Å². The number of hydrogen-bond donors (Lipinski definition) is 3. The molecular weight excluding hydrogens is 464 g/mol. The number of carbonyl (C=O) groups excluding carboxylic acids is 1. The maximum Gasteiger partial charge on any atom is 0.328 e. The van der Waals surface area contributed by atoms with Crippen molar-refractivity contribution in [2.24, 2.45) is 5.92 Å². The first-order valence-corrected chi connectivity index (χ1v) is 12.3. The lowest BCUT2D eigenvalue weighted by Gasteiger charge is -2.45. The van der Waals surface area contributed by atoms with Gasteiger partial charge in [0.2, 0.25) is 0 Å². The Kier molecular flexibility index (Phi) is 8.58. The van der Waals surface area contributed by atoms with Gasteiger partial charge < -0.3 is 29.5 Å². The summed E-state index contributed by atoms with van der Waals surface area (Å²) >= 11 is 0. The summed E-state index contributed by atoms with van der Waals surface area (Å²) in [7, 11) is 2.12. The summed E-state index contributed by atoms with van der Waals surface area (Å²) < 4.78 is 7.91. The first-order chi connectivity index (χ1) is 16.9. The molecule has 1 fully saturated rings. The Morgan fingerprint density at radius 2 is 1.72 bits per heavy atom. The molecule has 4 rings (SSSR count). The van der Waals surface area contributed by atoms with E-state index in [0.29, 0.717) is 36.7 Å². The van der Waals surface area contributed by atoms with Crippen molar-refractivity contribution >= 4 is 28.8 Å². The zero-order chi connectivity index (χ0) is 26.7. The van der Waals surface area contributed by atoms with Crippen LogP contribution in [0.3, 0.4) is 0 Å². The number of likely N-dealkylation sites (tertiary alicyclic amines) is 1. The van der Waals surface area contributed by atoms with Gasteiger partial charge in [-0.3, -0.25) is 4.79 Å². The smallest absolute Gasteiger partial charge is 0.328 e. The molecule has 2 aliphatic rings. The van der Waals surface area contributed by atoms with Crippen LogP contribution in [0.2, 0.25) is 0 Å². The number of aromatic nitrogens is 1. The van der Waals surface area contributed by atoms with Crippen LogP contribution in [-0.2, 0) is 25.5 Å². The zero-order valence-corrected chi connectivity index (χ0v) is 21.4. The molecule has 0 amide bonds. The molecule has 9 nitrogen and oxygen atoms in total. The predicted octanol–water partition coefficient (Wildman–Crippen LogP) is 3.21. The quantitative estimate of drug-likeness (QED) is 0.407. The number of esters is 1. The first kappa shape index (κ1) is 27.4. The van der Waals surface area contributed by atoms with Crippen LogP contribution in [-0.4, -0.2) is 74.5 Å². The standard InChI is InChI=1S/C23H32N2O3.C4H4O4/c1-13(2)25-12-16-10-21-19(18-7-6-8-20(25)22(16)18)9-17(11-24(21)5)23(27)28-15(4)14(3)26;5-3(6)1-2-4(7)8/h6-8,12-15,17,19,21,26H,9-11H2,1-5H3;1-2H,(H,5,6)(H,7,8)/t14?,15?,17-,19+,21+;/m0./s1. The van der Waals surface area contributed by atoms with E-state index in [0.717, 1.165) is 12.8 Å². The number of aliphatic carboxylic acids is 2. The molecule has 196 valence electrons. The van der Waals surface area contributed by atoms with Crippen LogP contribution >= 0.6 is 0 Å². The number of carboxylic acids is 2. The van der Waals surface area contributed by atoms with Crippen LogP contribution in [0.15, 0.2) is 36.5 Å². The van der Waals surface area contributed by atoms with Crippen LogP contribution in [0.5, 0.6) is 0 Å². The maximum absolute atomic E-state index is 12.8. The highest BCUT2D eigenvalue weighted by Gasteiger charge is 2.42. The molecule has 0 bridgehead atoms. The van der Waals surface area contributed by atoms with Crippen molar-refractivity contribution in [2.75, 3.05) is 13.6 Å². The van der Waals surface area contributed by atoms with Crippen molar-refractivity contribution in [3.05, 3.63) is 47.7 Å². The minimum atomic E-state index is -1.26. The molecule has 1 aliphatic heterocycles. The minimum absolute atomic E-state index is 0.156. The number of piperidine rings is 1. The number of aliphatic hydroxyl groups excluding tert-OH is 1. The van der Waals surface area contributed by atoms with Crippen molar-refractivity contribution in [2.45, 2.75) is 70.7 Å². The van der Waals surface area contributed by atoms with E-state index in [9.17, 15) is 19.5 Å². The highest BCUT2D eigenvalue weighted by molar-refractivity contribution is 5.90. The number of aliphatic hydroxyl groups is 1. The molecule has 0 spiro atoms. The SMILES string of the molecule is CC(O)C(C)OC(=O)[C@H]1C[C@@H]2c3cccc4c3c(cn4C(C)C)C[C@H]2N(C)C1.O=C(O)C=CC(=O)O. The van der Waals surface area contributed by atoms with Gasteiger partial charge in [-0.1, -0.05) is 12.1 Å². The van der Waals surface area contributed by atoms with Crippen LogP contribution in [0.4, 0.5) is 0 Å². The third-order valence-electron chi connectivity index (χ3n) is 7.11. The van der Waals surface area contributed by atoms with E-state index in [4.69, 9.17) is 14.9 Å². The lowest BCUT2D eigenvalue weighted by Crippen LogP contribution is -2.50. The Bertz CT molecular complexity index is 1130. The van der Waals surface area contributed by atoms with Gasteiger partial charge >= 0.3 is 17.9 Å². The molecule has 2 unspecified atom stereocenters. The van der Waals surface area contributed by atoms with Gasteiger partial charge in [0.1, 0.15) is 6.10 Å². The lowest BCUT2D eigenvalue weighted by atomic mass is 9.72. The summed E-state index contributed by atoms with van der Waals surface area (Å²) in [5, 5.41) is 26.7. The number of fused-ring (bicyclic) bond motifs is 2. The molecule has 3 N–H and O–H groups in total. The van der Waals surface area contributed by atoms with Gasteiger partial charge in [0.15, 0.2) is 0 Å². The second kappa shape index (κ2) is 11.3. The van der Waals surface area contributed by atoms with Crippen molar-refractivity contribution in [1.29, 1.82) is 0 Å². The fraction of sp³-hybridized carbons (Fsp3) is 0.519. The Hall–Kier alpha value is -3.17. The van der Waals surface area contributed by atoms with E-state index in [1.54, 1.807) is 13.8 Å². The number of likely N-dealkylation sites (N-methyl/N-ethyl adjacent to an activating group) is 1. The van der Waals surface area contributed by atoms with Gasteiger partial charge in [-0.05, 0) is 64.8 Å². The average Bonchev–Trinajstić information content (AvgIpc) is 3.18. The Balaban J connectivity index is 0.000000392. The zero-order valence-electron chi connectivity index (χ0n) is 21.4. The maximum atomic E-state index is 12.8. The Labute approximate surface area is 211 Å². The van der Waals surface area contributed by atoms with Gasteiger partial charge in [-0.2, -0.15) is 0 Å². The summed E-state index contributed by atoms with van der Waals surface area (Å²) in [6, 6.07) is 7.45. The Morgan fingerprint density at radius 1 is 1.08 bits per heavy atom. The fourth-order valence-electron chi connectivity index (χ4n) is 5.19. The molecule has 5 atom stereocenters. The van der Waals surface area contributed by atoms with Gasteiger partial charge in [-0.25, -0.2) is 9.59 Å². The van der Waals surface area contributed by atoms with E-state index < -0.39 is 24.1 Å². The number of rotatable bonds is 6. The number of ether oxygens (including phenoxy) is 1. The lowest BCUT2D eigenvalue weighted by molar-refractivity contribution is -0.160. The van der Waals surface area contributed by atoms with Gasteiger partial charge in [-0.15, -0.1) is 0 Å². The van der Waals surface area contributed by atoms with Gasteiger partial charge in [0.25, 0.3) is 0 Å². The largest absolute Gasteiger partial charge is 0.478 e. The molecule has 1 aliphatic carbocycles. The van der Waals surface area contributed by atoms with Crippen molar-refractivity contribution in [3.8, 4) is 0 Å². The highest BCUT2D eigenvalue weighted by atomic mass is 16.6. The second-order valence-corrected chi connectivity index (χ2v) is 10.0. The molecule has 1 aromatic carbocycles. The molecule has 1 aromatic heterocycles. The topological polar surface area (TPSA) is 129 Å². The van der Waals surface area contributed by atoms with E-state index in [1.165, 1.54) is 22.0 Å². The second-order valence-electron chi connectivity index (χ2n) is 10.0. The molecule has 0 radical (unpaired) electrons. The van der Waals surface area contributed by atoms with Crippen molar-refractivity contribution < 1.29 is 34.4 Å². The molecule has 0 saturated carbocycles. The summed E-state index contributed by atoms with van der Waals surface area (Å²) in [5.41, 5.74) is 4.10. The first-order valence-electron chi connectivity index (χ1n) is 12.3. The molecule has 2 heterocycles. The fourth-order valence-corrected chi connectivity index (χ4v) is 5.19. The van der Waals surface area contributed by atoms with E-state index in [-0.39, 0.29) is 11.9 Å². The molecular formula is C27H36N2O7. The Morgan fingerprint density at radius 3 is 2.28 bits per heavy atom. The average molecular weight is 501 g/mol. The number of benzene rings is 1. The molecule has 2 aromatic rings. The summed E-state index contributed by atoms with van der Waals surface area (Å²) in [6.45, 7) is 8.57. The van der Waals surface area contributed by atoms with Crippen molar-refractivity contribution in [1.82, 2.24) is 9.47 Å². The van der Waals surface area contributed by atoms with Crippen LogP contribution in [0.1, 0.15) is 57.2 Å². The minimum Gasteiger partial charge on any atom is -0.478 e. The summed E-state index contributed by atoms with van der Waals surface area (Å²) in [5.74, 6) is -2.52. The molecule has 36 heavy (non-hydrogen) atoms. The summed E-state index contributed by atoms with van der Waals surface area (Å²) in [6.07, 6.45) is 4.15. The van der Waals surface area contributed by atoms with Crippen LogP contribution in [0.25, 0.3) is 10.9 Å². The number of carbonyl (C=O) groups is 3. The van der Waals surface area contributed by atoms with E-state index in [1.807, 2.05) is 0 Å². The normalized spacial score (nSPS) is 23.0. The molecule has 1 saturated heterocycles. The number of nitrogens with zero attached hydrogens (tertiary/aromatic N) is 2. The number of carboxylic acid groups (broad SMARTS) is 2. The third kappa shape index (κ3) is 5.96. The predicted molar refractivity (Wildman–Crippen MR) is 135 cm³/mol. The van der Waals surface area contributed by atoms with Crippen molar-refractivity contribution in [3.63, 3.8) is 0 Å². The summed E-state index contributed by atoms with van der Waals surface area (Å²) in [4.78, 5) is 34.2. The number of hydrogen-bond acceptors (Lipinski definition) is 6. The van der Waals surface area contributed by atoms with Gasteiger partial charge in [0, 0.05) is 53.8 Å². The molecule has 9 heteroatoms.